The van der Waals surface area contributed by atoms with Crippen molar-refractivity contribution in [3.63, 3.8) is 0 Å². The molecular formula is C22H27N5O2S3. The lowest BCUT2D eigenvalue weighted by molar-refractivity contribution is 0.0717. The molecule has 0 bridgehead atoms. The van der Waals surface area contributed by atoms with Crippen LogP contribution in [-0.4, -0.2) is 44.8 Å². The standard InChI is InChI=1S/C22H27N5O2S3/c1-12-17(32-13(2)23-12)20(29)27-8-6-14(7-9-27)19-24-15(10-30-19)18(28)26-21-25-16(11-31-21)22(3,4)5/h10-11,14H,6-9H2,1-5H3,(H,25,26,28). The van der Waals surface area contributed by atoms with Gasteiger partial charge in [0.05, 0.1) is 21.4 Å². The average Bonchev–Trinajstić information content (AvgIpc) is 3.47. The molecule has 0 aromatic carbocycles. The lowest BCUT2D eigenvalue weighted by Gasteiger charge is -2.30. The van der Waals surface area contributed by atoms with Gasteiger partial charge in [0, 0.05) is 35.2 Å². The molecule has 3 aromatic heterocycles. The van der Waals surface area contributed by atoms with Crippen LogP contribution in [0.1, 0.15) is 81.1 Å². The Balaban J connectivity index is 1.35. The van der Waals surface area contributed by atoms with Crippen LogP contribution in [0.15, 0.2) is 10.8 Å². The number of aryl methyl sites for hydroxylation is 2. The molecule has 0 unspecified atom stereocenters. The maximum atomic E-state index is 12.8. The van der Waals surface area contributed by atoms with E-state index in [2.05, 4.69) is 41.0 Å². The number of likely N-dealkylation sites (tertiary alicyclic amines) is 1. The van der Waals surface area contributed by atoms with Crippen LogP contribution in [0.4, 0.5) is 5.13 Å². The zero-order chi connectivity index (χ0) is 23.0. The predicted molar refractivity (Wildman–Crippen MR) is 130 cm³/mol. The molecule has 1 fully saturated rings. The van der Waals surface area contributed by atoms with Gasteiger partial charge in [0.1, 0.15) is 10.6 Å². The molecule has 4 heterocycles. The van der Waals surface area contributed by atoms with Crippen molar-refractivity contribution in [2.45, 2.75) is 58.8 Å². The molecule has 1 N–H and O–H groups in total. The molecular weight excluding hydrogens is 462 g/mol. The zero-order valence-corrected chi connectivity index (χ0v) is 21.3. The third-order valence-electron chi connectivity index (χ3n) is 5.48. The Morgan fingerprint density at radius 2 is 1.78 bits per heavy atom. The van der Waals surface area contributed by atoms with Gasteiger partial charge in [-0.1, -0.05) is 20.8 Å². The van der Waals surface area contributed by atoms with Crippen LogP contribution < -0.4 is 5.32 Å². The van der Waals surface area contributed by atoms with Crippen LogP contribution in [-0.2, 0) is 5.41 Å². The molecule has 32 heavy (non-hydrogen) atoms. The second kappa shape index (κ2) is 8.99. The highest BCUT2D eigenvalue weighted by Crippen LogP contribution is 2.32. The Kier molecular flexibility index (Phi) is 6.46. The van der Waals surface area contributed by atoms with Gasteiger partial charge < -0.3 is 4.90 Å². The third kappa shape index (κ3) is 4.92. The number of thiazole rings is 3. The molecule has 0 spiro atoms. The van der Waals surface area contributed by atoms with Crippen molar-refractivity contribution in [2.24, 2.45) is 0 Å². The molecule has 1 aliphatic rings. The Labute approximate surface area is 199 Å². The molecule has 0 radical (unpaired) electrons. The van der Waals surface area contributed by atoms with E-state index < -0.39 is 0 Å². The summed E-state index contributed by atoms with van der Waals surface area (Å²) in [6, 6.07) is 0. The third-order valence-corrected chi connectivity index (χ3v) is 8.30. The van der Waals surface area contributed by atoms with Crippen LogP contribution in [0.25, 0.3) is 0 Å². The fourth-order valence-electron chi connectivity index (χ4n) is 3.62. The zero-order valence-electron chi connectivity index (χ0n) is 18.9. The number of nitrogens with zero attached hydrogens (tertiary/aromatic N) is 4. The minimum absolute atomic E-state index is 0.0545. The van der Waals surface area contributed by atoms with Crippen LogP contribution in [0, 0.1) is 13.8 Å². The number of aromatic nitrogens is 3. The minimum atomic E-state index is -0.231. The van der Waals surface area contributed by atoms with E-state index >= 15 is 0 Å². The molecule has 170 valence electrons. The number of carbonyl (C=O) groups is 2. The monoisotopic (exact) mass is 489 g/mol. The Bertz CT molecular complexity index is 1130. The first-order chi connectivity index (χ1) is 15.1. The van der Waals surface area contributed by atoms with Gasteiger partial charge in [0.25, 0.3) is 11.8 Å². The molecule has 0 saturated carbocycles. The van der Waals surface area contributed by atoms with E-state index in [1.165, 1.54) is 34.0 Å². The summed E-state index contributed by atoms with van der Waals surface area (Å²) in [5.74, 6) is 0.108. The van der Waals surface area contributed by atoms with Crippen molar-refractivity contribution in [2.75, 3.05) is 18.4 Å². The quantitative estimate of drug-likeness (QED) is 0.541. The SMILES string of the molecule is Cc1nc(C)c(C(=O)N2CCC(c3nc(C(=O)Nc4nc(C(C)(C)C)cs4)cs3)CC2)s1. The smallest absolute Gasteiger partial charge is 0.276 e. The van der Waals surface area contributed by atoms with Gasteiger partial charge in [-0.3, -0.25) is 14.9 Å². The summed E-state index contributed by atoms with van der Waals surface area (Å²) in [4.78, 5) is 41.6. The number of amides is 2. The van der Waals surface area contributed by atoms with E-state index in [1.807, 2.05) is 29.5 Å². The van der Waals surface area contributed by atoms with Crippen LogP contribution >= 0.6 is 34.0 Å². The fraction of sp³-hybridized carbons (Fsp3) is 0.500. The number of nitrogens with one attached hydrogen (secondary N) is 1. The number of hydrogen-bond donors (Lipinski definition) is 1. The first-order valence-corrected chi connectivity index (χ1v) is 13.2. The Morgan fingerprint density at radius 1 is 1.06 bits per heavy atom. The van der Waals surface area contributed by atoms with Crippen LogP contribution in [0.3, 0.4) is 0 Å². The topological polar surface area (TPSA) is 88.1 Å². The first-order valence-electron chi connectivity index (χ1n) is 10.6. The van der Waals surface area contributed by atoms with Crippen LogP contribution in [0.5, 0.6) is 0 Å². The summed E-state index contributed by atoms with van der Waals surface area (Å²) < 4.78 is 0. The summed E-state index contributed by atoms with van der Waals surface area (Å²) in [5.41, 5.74) is 2.14. The molecule has 0 aliphatic carbocycles. The first kappa shape index (κ1) is 23.0. The van der Waals surface area contributed by atoms with Gasteiger partial charge in [-0.25, -0.2) is 15.0 Å². The summed E-state index contributed by atoms with van der Waals surface area (Å²) in [6.07, 6.45) is 1.69. The normalized spacial score (nSPS) is 15.2. The van der Waals surface area contributed by atoms with Crippen molar-refractivity contribution in [3.05, 3.63) is 42.7 Å². The van der Waals surface area contributed by atoms with Gasteiger partial charge in [-0.15, -0.1) is 34.0 Å². The highest BCUT2D eigenvalue weighted by molar-refractivity contribution is 7.14. The maximum Gasteiger partial charge on any atom is 0.276 e. The number of piperidine rings is 1. The van der Waals surface area contributed by atoms with Gasteiger partial charge in [0.2, 0.25) is 0 Å². The van der Waals surface area contributed by atoms with E-state index in [-0.39, 0.29) is 23.1 Å². The number of hydrogen-bond acceptors (Lipinski definition) is 8. The van der Waals surface area contributed by atoms with Crippen molar-refractivity contribution in [1.82, 2.24) is 19.9 Å². The lowest BCUT2D eigenvalue weighted by atomic mass is 9.93. The number of rotatable bonds is 4. The minimum Gasteiger partial charge on any atom is -0.338 e. The molecule has 3 aromatic rings. The van der Waals surface area contributed by atoms with Gasteiger partial charge in [-0.2, -0.15) is 0 Å². The molecule has 2 amide bonds. The number of carbonyl (C=O) groups excluding carboxylic acids is 2. The summed E-state index contributed by atoms with van der Waals surface area (Å²) in [7, 11) is 0. The largest absolute Gasteiger partial charge is 0.338 e. The van der Waals surface area contributed by atoms with Crippen molar-refractivity contribution >= 4 is 51.0 Å². The van der Waals surface area contributed by atoms with Crippen molar-refractivity contribution in [1.29, 1.82) is 0 Å². The lowest BCUT2D eigenvalue weighted by Crippen LogP contribution is -2.37. The summed E-state index contributed by atoms with van der Waals surface area (Å²) in [6.45, 7) is 11.5. The van der Waals surface area contributed by atoms with E-state index in [0.717, 1.165) is 39.1 Å². The summed E-state index contributed by atoms with van der Waals surface area (Å²) in [5, 5.41) is 9.13. The van der Waals surface area contributed by atoms with Gasteiger partial charge >= 0.3 is 0 Å². The number of anilines is 1. The van der Waals surface area contributed by atoms with Gasteiger partial charge in [-0.05, 0) is 26.7 Å². The van der Waals surface area contributed by atoms with Gasteiger partial charge in [0.15, 0.2) is 5.13 Å². The van der Waals surface area contributed by atoms with E-state index in [4.69, 9.17) is 0 Å². The van der Waals surface area contributed by atoms with E-state index in [9.17, 15) is 9.59 Å². The highest BCUT2D eigenvalue weighted by atomic mass is 32.1. The highest BCUT2D eigenvalue weighted by Gasteiger charge is 2.28. The maximum absolute atomic E-state index is 12.8. The van der Waals surface area contributed by atoms with Crippen molar-refractivity contribution in [3.8, 4) is 0 Å². The average molecular weight is 490 g/mol. The molecule has 4 rings (SSSR count). The Hall–Kier alpha value is -2.17. The second-order valence-electron chi connectivity index (χ2n) is 9.03. The van der Waals surface area contributed by atoms with E-state index in [1.54, 1.807) is 0 Å². The molecule has 10 heteroatoms. The molecule has 0 atom stereocenters. The van der Waals surface area contributed by atoms with E-state index in [0.29, 0.717) is 23.9 Å². The van der Waals surface area contributed by atoms with Crippen molar-refractivity contribution < 1.29 is 9.59 Å². The molecule has 1 saturated heterocycles. The molecule has 7 nitrogen and oxygen atoms in total. The summed E-state index contributed by atoms with van der Waals surface area (Å²) >= 11 is 4.41. The predicted octanol–water partition coefficient (Wildman–Crippen LogP) is 5.24. The molecule has 1 aliphatic heterocycles. The Morgan fingerprint density at radius 3 is 2.38 bits per heavy atom. The fourth-order valence-corrected chi connectivity index (χ4v) is 6.41. The van der Waals surface area contributed by atoms with Crippen LogP contribution in [0.2, 0.25) is 0 Å². The second-order valence-corrected chi connectivity index (χ2v) is 12.0.